The molecule has 1 aliphatic carbocycles. The van der Waals surface area contributed by atoms with Crippen LogP contribution in [0.3, 0.4) is 0 Å². The van der Waals surface area contributed by atoms with E-state index in [1.54, 1.807) is 6.07 Å². The normalized spacial score (nSPS) is 22.2. The Hall–Kier alpha value is -1.27. The summed E-state index contributed by atoms with van der Waals surface area (Å²) < 4.78 is 39.1. The molecule has 1 spiro atoms. The molecule has 1 aromatic carbocycles. The summed E-state index contributed by atoms with van der Waals surface area (Å²) in [5.41, 5.74) is -0.0212. The van der Waals surface area contributed by atoms with Crippen molar-refractivity contribution in [2.75, 3.05) is 13.1 Å². The highest BCUT2D eigenvalue weighted by Crippen LogP contribution is 2.58. The molecule has 0 bridgehead atoms. The summed E-state index contributed by atoms with van der Waals surface area (Å²) in [7, 11) is 0. The van der Waals surface area contributed by atoms with Crippen molar-refractivity contribution in [1.29, 1.82) is 0 Å². The standard InChI is InChI=1S/C20H27F3N2O.ClH/c1-13(2)10-17(14-4-3-5-15(11-14)20(21,22)23)25-18(26)16-12-19(16)6-8-24-9-7-19;/h3-5,11,13,16-17,24H,6-10,12H2,1-2H3,(H,25,26);1H. The smallest absolute Gasteiger partial charge is 0.349 e. The van der Waals surface area contributed by atoms with Crippen molar-refractivity contribution in [2.45, 2.75) is 51.7 Å². The third kappa shape index (κ3) is 5.17. The van der Waals surface area contributed by atoms with E-state index in [0.29, 0.717) is 12.0 Å². The Kier molecular flexibility index (Phi) is 6.85. The number of amides is 1. The van der Waals surface area contributed by atoms with Crippen LogP contribution in [0.5, 0.6) is 0 Å². The number of carbonyl (C=O) groups is 1. The minimum absolute atomic E-state index is 0. The third-order valence-electron chi connectivity index (χ3n) is 5.75. The van der Waals surface area contributed by atoms with Gasteiger partial charge in [0.15, 0.2) is 0 Å². The number of rotatable bonds is 5. The number of hydrogen-bond donors (Lipinski definition) is 2. The lowest BCUT2D eigenvalue weighted by Gasteiger charge is -2.25. The van der Waals surface area contributed by atoms with Crippen LogP contribution in [0.1, 0.15) is 56.7 Å². The van der Waals surface area contributed by atoms with E-state index in [2.05, 4.69) is 10.6 Å². The molecule has 2 atom stereocenters. The van der Waals surface area contributed by atoms with E-state index in [4.69, 9.17) is 0 Å². The van der Waals surface area contributed by atoms with Gasteiger partial charge < -0.3 is 10.6 Å². The summed E-state index contributed by atoms with van der Waals surface area (Å²) in [5.74, 6) is 0.266. The highest BCUT2D eigenvalue weighted by atomic mass is 35.5. The molecule has 1 heterocycles. The second-order valence-electron chi connectivity index (χ2n) is 8.18. The molecule has 0 aromatic heterocycles. The number of piperidine rings is 1. The maximum absolute atomic E-state index is 13.0. The maximum Gasteiger partial charge on any atom is 0.416 e. The van der Waals surface area contributed by atoms with Crippen molar-refractivity contribution in [2.24, 2.45) is 17.3 Å². The molecule has 2 aliphatic rings. The van der Waals surface area contributed by atoms with Crippen LogP contribution < -0.4 is 10.6 Å². The zero-order valence-electron chi connectivity index (χ0n) is 15.7. The van der Waals surface area contributed by atoms with Gasteiger partial charge in [0.05, 0.1) is 11.6 Å². The molecule has 0 radical (unpaired) electrons. The number of hydrogen-bond acceptors (Lipinski definition) is 2. The van der Waals surface area contributed by atoms with Gasteiger partial charge in [0.2, 0.25) is 5.91 Å². The van der Waals surface area contributed by atoms with Crippen LogP contribution in [0.2, 0.25) is 0 Å². The number of halogens is 4. The van der Waals surface area contributed by atoms with Crippen molar-refractivity contribution >= 4 is 18.3 Å². The fourth-order valence-electron chi connectivity index (χ4n) is 4.15. The molecule has 2 unspecified atom stereocenters. The first kappa shape index (κ1) is 22.0. The number of carbonyl (C=O) groups excluding carboxylic acids is 1. The van der Waals surface area contributed by atoms with Gasteiger partial charge in [0.1, 0.15) is 0 Å². The van der Waals surface area contributed by atoms with Crippen LogP contribution in [-0.2, 0) is 11.0 Å². The van der Waals surface area contributed by atoms with E-state index in [9.17, 15) is 18.0 Å². The first-order chi connectivity index (χ1) is 12.2. The van der Waals surface area contributed by atoms with Crippen LogP contribution in [0.4, 0.5) is 13.2 Å². The SMILES string of the molecule is CC(C)CC(NC(=O)C1CC12CCNCC2)c1cccc(C(F)(F)F)c1.Cl. The summed E-state index contributed by atoms with van der Waals surface area (Å²) >= 11 is 0. The largest absolute Gasteiger partial charge is 0.416 e. The van der Waals surface area contributed by atoms with Crippen LogP contribution in [0.15, 0.2) is 24.3 Å². The topological polar surface area (TPSA) is 41.1 Å². The van der Waals surface area contributed by atoms with Crippen molar-refractivity contribution in [3.8, 4) is 0 Å². The molecule has 152 valence electrons. The Morgan fingerprint density at radius 1 is 1.30 bits per heavy atom. The van der Waals surface area contributed by atoms with E-state index >= 15 is 0 Å². The van der Waals surface area contributed by atoms with Gasteiger partial charge in [-0.15, -0.1) is 12.4 Å². The molecule has 7 heteroatoms. The molecular formula is C20H28ClF3N2O. The number of benzene rings is 1. The zero-order valence-corrected chi connectivity index (χ0v) is 16.6. The Labute approximate surface area is 164 Å². The van der Waals surface area contributed by atoms with Gasteiger partial charge >= 0.3 is 6.18 Å². The summed E-state index contributed by atoms with van der Waals surface area (Å²) in [6.45, 7) is 5.90. The van der Waals surface area contributed by atoms with Gasteiger partial charge in [-0.25, -0.2) is 0 Å². The third-order valence-corrected chi connectivity index (χ3v) is 5.75. The Morgan fingerprint density at radius 3 is 2.56 bits per heavy atom. The Morgan fingerprint density at radius 2 is 1.96 bits per heavy atom. The number of nitrogens with one attached hydrogen (secondary N) is 2. The van der Waals surface area contributed by atoms with Crippen molar-refractivity contribution < 1.29 is 18.0 Å². The average molecular weight is 405 g/mol. The molecular weight excluding hydrogens is 377 g/mol. The quantitative estimate of drug-likeness (QED) is 0.745. The lowest BCUT2D eigenvalue weighted by atomic mass is 9.91. The van der Waals surface area contributed by atoms with Gasteiger partial charge in [-0.2, -0.15) is 13.2 Å². The summed E-state index contributed by atoms with van der Waals surface area (Å²) in [5, 5.41) is 6.36. The van der Waals surface area contributed by atoms with Crippen LogP contribution in [-0.4, -0.2) is 19.0 Å². The second kappa shape index (κ2) is 8.39. The molecule has 3 rings (SSSR count). The van der Waals surface area contributed by atoms with E-state index in [1.165, 1.54) is 12.1 Å². The molecule has 1 aromatic rings. The van der Waals surface area contributed by atoms with Gasteiger partial charge in [-0.3, -0.25) is 4.79 Å². The number of alkyl halides is 3. The monoisotopic (exact) mass is 404 g/mol. The highest BCUT2D eigenvalue weighted by Gasteiger charge is 2.57. The highest BCUT2D eigenvalue weighted by molar-refractivity contribution is 5.85. The fourth-order valence-corrected chi connectivity index (χ4v) is 4.15. The first-order valence-corrected chi connectivity index (χ1v) is 9.39. The zero-order chi connectivity index (χ0) is 18.9. The minimum Gasteiger partial charge on any atom is -0.349 e. The van der Waals surface area contributed by atoms with Gasteiger partial charge in [-0.1, -0.05) is 26.0 Å². The van der Waals surface area contributed by atoms with E-state index in [1.807, 2.05) is 13.8 Å². The summed E-state index contributed by atoms with van der Waals surface area (Å²) in [4.78, 5) is 12.8. The molecule has 1 aliphatic heterocycles. The molecule has 1 amide bonds. The van der Waals surface area contributed by atoms with Gasteiger partial charge in [-0.05, 0) is 67.8 Å². The predicted octanol–water partition coefficient (Wildman–Crippen LogP) is 4.72. The first-order valence-electron chi connectivity index (χ1n) is 9.39. The van der Waals surface area contributed by atoms with E-state index in [-0.39, 0.29) is 41.6 Å². The predicted molar refractivity (Wildman–Crippen MR) is 102 cm³/mol. The molecule has 1 saturated carbocycles. The van der Waals surface area contributed by atoms with Crippen LogP contribution in [0, 0.1) is 17.3 Å². The Balaban J connectivity index is 0.00000261. The summed E-state index contributed by atoms with van der Waals surface area (Å²) in [6.07, 6.45) is -0.850. The fraction of sp³-hybridized carbons (Fsp3) is 0.650. The molecule has 2 fully saturated rings. The van der Waals surface area contributed by atoms with Gasteiger partial charge in [0, 0.05) is 5.92 Å². The van der Waals surface area contributed by atoms with Crippen molar-refractivity contribution in [3.05, 3.63) is 35.4 Å². The summed E-state index contributed by atoms with van der Waals surface area (Å²) in [6, 6.07) is 4.95. The van der Waals surface area contributed by atoms with Crippen molar-refractivity contribution in [1.82, 2.24) is 10.6 Å². The lowest BCUT2D eigenvalue weighted by molar-refractivity contribution is -0.137. The maximum atomic E-state index is 13.0. The minimum atomic E-state index is -4.38. The Bertz CT molecular complexity index is 657. The average Bonchev–Trinajstić information content (AvgIpc) is 3.27. The second-order valence-corrected chi connectivity index (χ2v) is 8.18. The van der Waals surface area contributed by atoms with Crippen LogP contribution in [0.25, 0.3) is 0 Å². The molecule has 2 N–H and O–H groups in total. The lowest BCUT2D eigenvalue weighted by Crippen LogP contribution is -2.35. The van der Waals surface area contributed by atoms with E-state index in [0.717, 1.165) is 38.4 Å². The molecule has 3 nitrogen and oxygen atoms in total. The van der Waals surface area contributed by atoms with Gasteiger partial charge in [0.25, 0.3) is 0 Å². The van der Waals surface area contributed by atoms with Crippen LogP contribution >= 0.6 is 12.4 Å². The molecule has 1 saturated heterocycles. The molecule has 27 heavy (non-hydrogen) atoms. The van der Waals surface area contributed by atoms with Crippen molar-refractivity contribution in [3.63, 3.8) is 0 Å². The van der Waals surface area contributed by atoms with E-state index < -0.39 is 11.7 Å².